The maximum atomic E-state index is 12.5. The van der Waals surface area contributed by atoms with E-state index in [0.29, 0.717) is 11.5 Å². The third kappa shape index (κ3) is 2.61. The van der Waals surface area contributed by atoms with Gasteiger partial charge in [-0.15, -0.1) is 0 Å². The monoisotopic (exact) mass is 336 g/mol. The molecule has 0 saturated heterocycles. The molecule has 0 amide bonds. The zero-order valence-electron chi connectivity index (χ0n) is 13.4. The lowest BCUT2D eigenvalue weighted by atomic mass is 10.1. The van der Waals surface area contributed by atoms with E-state index < -0.39 is 0 Å². The number of imidazole rings is 1. The second-order valence-electron chi connectivity index (χ2n) is 5.83. The van der Waals surface area contributed by atoms with Crippen molar-refractivity contribution < 1.29 is 9.21 Å². The van der Waals surface area contributed by atoms with Crippen LogP contribution in [0.5, 0.6) is 0 Å². The van der Waals surface area contributed by atoms with Crippen LogP contribution in [-0.4, -0.2) is 21.5 Å². The fourth-order valence-corrected chi connectivity index (χ4v) is 3.55. The number of nitrogens with zero attached hydrogens (tertiary/aromatic N) is 1. The average molecular weight is 336 g/mol. The molecule has 2 aromatic heterocycles. The largest absolute Gasteiger partial charge is 0.453 e. The van der Waals surface area contributed by atoms with Gasteiger partial charge < -0.3 is 9.40 Å². The number of fused-ring (bicyclic) bond motifs is 2. The van der Waals surface area contributed by atoms with E-state index in [1.54, 1.807) is 0 Å². The Morgan fingerprint density at radius 3 is 2.88 bits per heavy atom. The number of aromatic nitrogens is 2. The molecule has 0 radical (unpaired) electrons. The van der Waals surface area contributed by atoms with E-state index in [0.717, 1.165) is 32.7 Å². The summed E-state index contributed by atoms with van der Waals surface area (Å²) in [6.07, 6.45) is 0. The molecule has 0 aliphatic rings. The van der Waals surface area contributed by atoms with E-state index in [-0.39, 0.29) is 5.78 Å². The minimum atomic E-state index is -0.0228. The second kappa shape index (κ2) is 5.83. The Hall–Kier alpha value is -2.53. The number of H-pyrrole nitrogens is 1. The highest BCUT2D eigenvalue weighted by atomic mass is 32.2. The number of para-hydroxylation sites is 1. The molecular formula is C19H16N2O2S. The van der Waals surface area contributed by atoms with Gasteiger partial charge in [-0.3, -0.25) is 4.79 Å². The third-order valence-electron chi connectivity index (χ3n) is 4.05. The molecule has 0 spiro atoms. The molecule has 0 unspecified atom stereocenters. The summed E-state index contributed by atoms with van der Waals surface area (Å²) >= 11 is 1.40. The summed E-state index contributed by atoms with van der Waals surface area (Å²) in [5, 5.41) is 1.74. The van der Waals surface area contributed by atoms with Gasteiger partial charge in [-0.1, -0.05) is 36.0 Å². The maximum absolute atomic E-state index is 12.5. The molecule has 0 atom stereocenters. The number of Topliss-reactive ketones (excluding diaryl/α,β-unsaturated/α-hetero) is 1. The first kappa shape index (κ1) is 15.0. The quantitative estimate of drug-likeness (QED) is 0.425. The molecule has 4 aromatic rings. The SMILES string of the molecule is Cc1ccc2nc(SCC(=O)c3oc4ccccc4c3C)[nH]c2c1. The zero-order chi connectivity index (χ0) is 16.7. The second-order valence-corrected chi connectivity index (χ2v) is 6.79. The van der Waals surface area contributed by atoms with Crippen molar-refractivity contribution in [1.82, 2.24) is 9.97 Å². The highest BCUT2D eigenvalue weighted by Gasteiger charge is 2.18. The van der Waals surface area contributed by atoms with Gasteiger partial charge in [0.1, 0.15) is 5.58 Å². The van der Waals surface area contributed by atoms with E-state index in [4.69, 9.17) is 4.42 Å². The van der Waals surface area contributed by atoms with Gasteiger partial charge in [0, 0.05) is 10.9 Å². The summed E-state index contributed by atoms with van der Waals surface area (Å²) in [6, 6.07) is 13.8. The highest BCUT2D eigenvalue weighted by Crippen LogP contribution is 2.27. The van der Waals surface area contributed by atoms with Gasteiger partial charge in [-0.2, -0.15) is 0 Å². The van der Waals surface area contributed by atoms with E-state index in [1.165, 1.54) is 17.3 Å². The number of rotatable bonds is 4. The molecule has 0 bridgehead atoms. The number of hydrogen-bond donors (Lipinski definition) is 1. The van der Waals surface area contributed by atoms with Gasteiger partial charge in [0.05, 0.1) is 16.8 Å². The zero-order valence-corrected chi connectivity index (χ0v) is 14.2. The fourth-order valence-electron chi connectivity index (χ4n) is 2.81. The van der Waals surface area contributed by atoms with Crippen LogP contribution in [0, 0.1) is 13.8 Å². The van der Waals surface area contributed by atoms with Crippen LogP contribution in [0.15, 0.2) is 52.0 Å². The Labute approximate surface area is 143 Å². The van der Waals surface area contributed by atoms with Crippen LogP contribution >= 0.6 is 11.8 Å². The van der Waals surface area contributed by atoms with Crippen LogP contribution in [0.3, 0.4) is 0 Å². The minimum absolute atomic E-state index is 0.0228. The van der Waals surface area contributed by atoms with E-state index in [2.05, 4.69) is 16.0 Å². The summed E-state index contributed by atoms with van der Waals surface area (Å²) in [4.78, 5) is 20.3. The van der Waals surface area contributed by atoms with Crippen molar-refractivity contribution in [3.63, 3.8) is 0 Å². The van der Waals surface area contributed by atoms with Crippen LogP contribution in [-0.2, 0) is 0 Å². The fraction of sp³-hybridized carbons (Fsp3) is 0.158. The smallest absolute Gasteiger partial charge is 0.208 e. The number of hydrogen-bond acceptors (Lipinski definition) is 4. The molecule has 2 aromatic carbocycles. The van der Waals surface area contributed by atoms with Crippen molar-refractivity contribution in [2.24, 2.45) is 0 Å². The molecule has 0 saturated carbocycles. The number of carbonyl (C=O) groups excluding carboxylic acids is 1. The first-order chi connectivity index (χ1) is 11.6. The Morgan fingerprint density at radius 2 is 2.04 bits per heavy atom. The Bertz CT molecular complexity index is 1060. The molecule has 4 nitrogen and oxygen atoms in total. The van der Waals surface area contributed by atoms with Gasteiger partial charge in [-0.25, -0.2) is 4.98 Å². The summed E-state index contributed by atoms with van der Waals surface area (Å²) in [5.74, 6) is 0.709. The van der Waals surface area contributed by atoms with Gasteiger partial charge in [0.25, 0.3) is 0 Å². The van der Waals surface area contributed by atoms with Gasteiger partial charge >= 0.3 is 0 Å². The van der Waals surface area contributed by atoms with E-state index >= 15 is 0 Å². The predicted octanol–water partition coefficient (Wildman–Crippen LogP) is 4.90. The van der Waals surface area contributed by atoms with Crippen LogP contribution in [0.4, 0.5) is 0 Å². The van der Waals surface area contributed by atoms with Crippen LogP contribution < -0.4 is 0 Å². The van der Waals surface area contributed by atoms with E-state index in [1.807, 2.05) is 50.2 Å². The molecule has 1 N–H and O–H groups in total. The highest BCUT2D eigenvalue weighted by molar-refractivity contribution is 7.99. The summed E-state index contributed by atoms with van der Waals surface area (Å²) in [5.41, 5.74) is 4.73. The van der Waals surface area contributed by atoms with E-state index in [9.17, 15) is 4.79 Å². The molecule has 4 rings (SSSR count). The Kier molecular flexibility index (Phi) is 3.65. The van der Waals surface area contributed by atoms with Crippen molar-refractivity contribution >= 4 is 39.5 Å². The first-order valence-electron chi connectivity index (χ1n) is 7.72. The van der Waals surface area contributed by atoms with Crippen molar-refractivity contribution in [2.75, 3.05) is 5.75 Å². The molecule has 0 fully saturated rings. The number of furan rings is 1. The van der Waals surface area contributed by atoms with Crippen LogP contribution in [0.2, 0.25) is 0 Å². The molecule has 24 heavy (non-hydrogen) atoms. The number of aryl methyl sites for hydroxylation is 2. The van der Waals surface area contributed by atoms with Gasteiger partial charge in [0.15, 0.2) is 10.9 Å². The molecular weight excluding hydrogens is 320 g/mol. The number of carbonyl (C=O) groups is 1. The normalized spacial score (nSPS) is 11.4. The average Bonchev–Trinajstić information content (AvgIpc) is 3.13. The Balaban J connectivity index is 1.55. The van der Waals surface area contributed by atoms with Crippen molar-refractivity contribution in [3.8, 4) is 0 Å². The molecule has 0 aliphatic heterocycles. The van der Waals surface area contributed by atoms with Crippen molar-refractivity contribution in [1.29, 1.82) is 0 Å². The van der Waals surface area contributed by atoms with Crippen LogP contribution in [0.1, 0.15) is 21.7 Å². The molecule has 5 heteroatoms. The van der Waals surface area contributed by atoms with Gasteiger partial charge in [0.2, 0.25) is 5.78 Å². The third-order valence-corrected chi connectivity index (χ3v) is 4.93. The lowest BCUT2D eigenvalue weighted by Gasteiger charge is -1.97. The number of ketones is 1. The number of thioether (sulfide) groups is 1. The standard InChI is InChI=1S/C19H16N2O2S/c1-11-7-8-14-15(9-11)21-19(20-14)24-10-16(22)18-12(2)13-5-3-4-6-17(13)23-18/h3-9H,10H2,1-2H3,(H,20,21). The minimum Gasteiger partial charge on any atom is -0.453 e. The molecule has 120 valence electrons. The predicted molar refractivity (Wildman–Crippen MR) is 96.8 cm³/mol. The topological polar surface area (TPSA) is 58.9 Å². The summed E-state index contributed by atoms with van der Waals surface area (Å²) in [6.45, 7) is 3.97. The summed E-state index contributed by atoms with van der Waals surface area (Å²) in [7, 11) is 0. The summed E-state index contributed by atoms with van der Waals surface area (Å²) < 4.78 is 5.73. The van der Waals surface area contributed by atoms with Crippen LogP contribution in [0.25, 0.3) is 22.0 Å². The van der Waals surface area contributed by atoms with Gasteiger partial charge in [-0.05, 0) is 37.6 Å². The van der Waals surface area contributed by atoms with Crippen molar-refractivity contribution in [2.45, 2.75) is 19.0 Å². The lowest BCUT2D eigenvalue weighted by Crippen LogP contribution is -2.02. The Morgan fingerprint density at radius 1 is 1.21 bits per heavy atom. The number of nitrogens with one attached hydrogen (secondary N) is 1. The number of aromatic amines is 1. The lowest BCUT2D eigenvalue weighted by molar-refractivity contribution is 0.0993. The number of benzene rings is 2. The molecule has 0 aliphatic carbocycles. The molecule has 2 heterocycles. The van der Waals surface area contributed by atoms with Crippen molar-refractivity contribution in [3.05, 3.63) is 59.4 Å². The first-order valence-corrected chi connectivity index (χ1v) is 8.71. The maximum Gasteiger partial charge on any atom is 0.208 e.